The van der Waals surface area contributed by atoms with Gasteiger partial charge in [-0.3, -0.25) is 4.79 Å². The van der Waals surface area contributed by atoms with E-state index in [4.69, 9.17) is 10.2 Å². The van der Waals surface area contributed by atoms with Crippen LogP contribution in [-0.4, -0.2) is 73.5 Å². The van der Waals surface area contributed by atoms with Crippen molar-refractivity contribution in [3.05, 3.63) is 12.7 Å². The molecule has 7 nitrogen and oxygen atoms in total. The van der Waals surface area contributed by atoms with Gasteiger partial charge in [-0.25, -0.2) is 0 Å². The summed E-state index contributed by atoms with van der Waals surface area (Å²) < 4.78 is 0. The lowest BCUT2D eigenvalue weighted by Gasteiger charge is -2.27. The monoisotopic (exact) mass is 236 g/mol. The van der Waals surface area contributed by atoms with Gasteiger partial charge in [0.15, 0.2) is 5.78 Å². The van der Waals surface area contributed by atoms with Crippen molar-refractivity contribution in [1.82, 2.24) is 0 Å². The van der Waals surface area contributed by atoms with E-state index in [9.17, 15) is 25.2 Å². The van der Waals surface area contributed by atoms with Crippen molar-refractivity contribution in [2.75, 3.05) is 6.61 Å². The zero-order valence-corrected chi connectivity index (χ0v) is 8.47. The summed E-state index contributed by atoms with van der Waals surface area (Å²) in [5.41, 5.74) is 0. The molecule has 0 radical (unpaired) electrons. The molecule has 0 fully saturated rings. The zero-order valence-electron chi connectivity index (χ0n) is 8.47. The molecule has 0 saturated carbocycles. The van der Waals surface area contributed by atoms with Crippen LogP contribution in [0, 0.1) is 0 Å². The fourth-order valence-corrected chi connectivity index (χ4v) is 1.01. The highest BCUT2D eigenvalue weighted by Gasteiger charge is 2.36. The average molecular weight is 236 g/mol. The summed E-state index contributed by atoms with van der Waals surface area (Å²) in [6.07, 6.45) is -8.73. The van der Waals surface area contributed by atoms with Crippen molar-refractivity contribution in [3.8, 4) is 0 Å². The Morgan fingerprint density at radius 2 is 1.56 bits per heavy atom. The van der Waals surface area contributed by atoms with Gasteiger partial charge in [0.1, 0.15) is 30.5 Å². The highest BCUT2D eigenvalue weighted by molar-refractivity contribution is 5.93. The Balaban J connectivity index is 4.53. The molecule has 0 aliphatic rings. The molecule has 5 atom stereocenters. The molecule has 0 heterocycles. The van der Waals surface area contributed by atoms with Crippen LogP contribution in [0.5, 0.6) is 0 Å². The number of aliphatic hydroxyl groups is 6. The lowest BCUT2D eigenvalue weighted by atomic mass is 9.97. The van der Waals surface area contributed by atoms with Gasteiger partial charge < -0.3 is 30.6 Å². The molecule has 16 heavy (non-hydrogen) atoms. The van der Waals surface area contributed by atoms with Gasteiger partial charge in [-0.2, -0.15) is 0 Å². The second kappa shape index (κ2) is 6.69. The SMILES string of the molecule is C=CC(=O)C(O)[C@H](O)[C@@H](O)[C@H](O)[C@H](O)CO. The standard InChI is InChI=1S/C9H16O7/c1-2-4(11)6(13)8(15)9(16)7(14)5(12)3-10/h2,5-10,12-16H,1,3H2/t5-,6?,7-,8+,9+/m1/s1. The van der Waals surface area contributed by atoms with E-state index in [0.717, 1.165) is 6.08 Å². The zero-order chi connectivity index (χ0) is 12.9. The van der Waals surface area contributed by atoms with Gasteiger partial charge in [-0.1, -0.05) is 6.58 Å². The van der Waals surface area contributed by atoms with Crippen LogP contribution in [0.15, 0.2) is 12.7 Å². The number of ketones is 1. The number of aliphatic hydroxyl groups excluding tert-OH is 6. The highest BCUT2D eigenvalue weighted by Crippen LogP contribution is 2.09. The quantitative estimate of drug-likeness (QED) is 0.252. The van der Waals surface area contributed by atoms with Crippen LogP contribution in [0.4, 0.5) is 0 Å². The Morgan fingerprint density at radius 1 is 1.06 bits per heavy atom. The second-order valence-corrected chi connectivity index (χ2v) is 3.27. The van der Waals surface area contributed by atoms with E-state index >= 15 is 0 Å². The van der Waals surface area contributed by atoms with E-state index in [-0.39, 0.29) is 0 Å². The first-order valence-corrected chi connectivity index (χ1v) is 4.54. The third kappa shape index (κ3) is 3.63. The van der Waals surface area contributed by atoms with Crippen molar-refractivity contribution < 1.29 is 35.4 Å². The first-order valence-electron chi connectivity index (χ1n) is 4.54. The van der Waals surface area contributed by atoms with Gasteiger partial charge in [-0.05, 0) is 6.08 Å². The van der Waals surface area contributed by atoms with Crippen molar-refractivity contribution in [1.29, 1.82) is 0 Å². The lowest BCUT2D eigenvalue weighted by Crippen LogP contribution is -2.51. The van der Waals surface area contributed by atoms with Crippen molar-refractivity contribution in [3.63, 3.8) is 0 Å². The van der Waals surface area contributed by atoms with Gasteiger partial charge in [0.25, 0.3) is 0 Å². The third-order valence-electron chi connectivity index (χ3n) is 2.10. The van der Waals surface area contributed by atoms with E-state index in [2.05, 4.69) is 6.58 Å². The summed E-state index contributed by atoms with van der Waals surface area (Å²) in [5, 5.41) is 54.4. The van der Waals surface area contributed by atoms with Gasteiger partial charge in [0.2, 0.25) is 0 Å². The van der Waals surface area contributed by atoms with Gasteiger partial charge in [-0.15, -0.1) is 0 Å². The number of rotatable bonds is 7. The molecule has 0 saturated heterocycles. The largest absolute Gasteiger partial charge is 0.394 e. The molecular weight excluding hydrogens is 220 g/mol. The second-order valence-electron chi connectivity index (χ2n) is 3.27. The predicted octanol–water partition coefficient (Wildman–Crippen LogP) is -3.46. The van der Waals surface area contributed by atoms with E-state index in [0.29, 0.717) is 0 Å². The summed E-state index contributed by atoms with van der Waals surface area (Å²) in [6.45, 7) is 2.23. The molecule has 0 spiro atoms. The summed E-state index contributed by atoms with van der Waals surface area (Å²) in [4.78, 5) is 10.9. The third-order valence-corrected chi connectivity index (χ3v) is 2.10. The Labute approximate surface area is 91.9 Å². The fraction of sp³-hybridized carbons (Fsp3) is 0.667. The maximum atomic E-state index is 10.9. The molecule has 0 aromatic heterocycles. The van der Waals surface area contributed by atoms with E-state index < -0.39 is 42.9 Å². The fourth-order valence-electron chi connectivity index (χ4n) is 1.01. The smallest absolute Gasteiger partial charge is 0.186 e. The molecule has 0 aromatic carbocycles. The summed E-state index contributed by atoms with van der Waals surface area (Å²) in [7, 11) is 0. The molecule has 0 amide bonds. The Morgan fingerprint density at radius 3 is 1.94 bits per heavy atom. The molecular formula is C9H16O7. The molecule has 1 unspecified atom stereocenters. The van der Waals surface area contributed by atoms with Crippen molar-refractivity contribution in [2.45, 2.75) is 30.5 Å². The van der Waals surface area contributed by atoms with E-state index in [1.807, 2.05) is 0 Å². The number of carbonyl (C=O) groups excluding carboxylic acids is 1. The van der Waals surface area contributed by atoms with E-state index in [1.54, 1.807) is 0 Å². The number of carbonyl (C=O) groups is 1. The minimum Gasteiger partial charge on any atom is -0.394 e. The minimum atomic E-state index is -1.98. The molecule has 0 bridgehead atoms. The number of hydrogen-bond donors (Lipinski definition) is 6. The van der Waals surface area contributed by atoms with Gasteiger partial charge in [0.05, 0.1) is 6.61 Å². The maximum Gasteiger partial charge on any atom is 0.186 e. The molecule has 0 aromatic rings. The molecule has 0 aliphatic heterocycles. The molecule has 94 valence electrons. The minimum absolute atomic E-state index is 0.745. The molecule has 6 N–H and O–H groups in total. The van der Waals surface area contributed by atoms with Crippen LogP contribution in [0.3, 0.4) is 0 Å². The topological polar surface area (TPSA) is 138 Å². The predicted molar refractivity (Wildman–Crippen MR) is 52.3 cm³/mol. The highest BCUT2D eigenvalue weighted by atomic mass is 16.4. The van der Waals surface area contributed by atoms with Gasteiger partial charge >= 0.3 is 0 Å². The Kier molecular flexibility index (Phi) is 6.34. The molecule has 0 rings (SSSR count). The Hall–Kier alpha value is -0.830. The van der Waals surface area contributed by atoms with E-state index in [1.165, 1.54) is 0 Å². The molecule has 7 heteroatoms. The van der Waals surface area contributed by atoms with Crippen LogP contribution in [-0.2, 0) is 4.79 Å². The van der Waals surface area contributed by atoms with Crippen LogP contribution in [0.1, 0.15) is 0 Å². The van der Waals surface area contributed by atoms with Crippen LogP contribution in [0.2, 0.25) is 0 Å². The Bertz CT molecular complexity index is 242. The van der Waals surface area contributed by atoms with Crippen LogP contribution < -0.4 is 0 Å². The summed E-state index contributed by atoms with van der Waals surface area (Å²) >= 11 is 0. The van der Waals surface area contributed by atoms with Gasteiger partial charge in [0, 0.05) is 0 Å². The normalized spacial score (nSPS) is 20.6. The van der Waals surface area contributed by atoms with Crippen molar-refractivity contribution >= 4 is 5.78 Å². The lowest BCUT2D eigenvalue weighted by molar-refractivity contribution is -0.152. The first kappa shape index (κ1) is 15.2. The summed E-state index contributed by atoms with van der Waals surface area (Å²) in [5.74, 6) is -0.933. The van der Waals surface area contributed by atoms with Crippen LogP contribution in [0.25, 0.3) is 0 Å². The average Bonchev–Trinajstić information content (AvgIpc) is 2.32. The summed E-state index contributed by atoms with van der Waals surface area (Å²) in [6, 6.07) is 0. The molecule has 0 aliphatic carbocycles. The first-order chi connectivity index (χ1) is 7.36. The maximum absolute atomic E-state index is 10.9. The van der Waals surface area contributed by atoms with Crippen LogP contribution >= 0.6 is 0 Å². The van der Waals surface area contributed by atoms with Crippen molar-refractivity contribution in [2.24, 2.45) is 0 Å². The number of hydrogen-bond acceptors (Lipinski definition) is 7.